The minimum absolute atomic E-state index is 0.0358. The van der Waals surface area contributed by atoms with E-state index in [1.54, 1.807) is 7.11 Å². The molecule has 1 N–H and O–H groups in total. The van der Waals surface area contributed by atoms with Crippen LogP contribution in [0.25, 0.3) is 11.0 Å². The highest BCUT2D eigenvalue weighted by Crippen LogP contribution is 2.43. The second-order valence-corrected chi connectivity index (χ2v) is 10.5. The average molecular weight is 445 g/mol. The van der Waals surface area contributed by atoms with E-state index in [9.17, 15) is 9.59 Å². The Balaban J connectivity index is 1.95. The van der Waals surface area contributed by atoms with Gasteiger partial charge in [-0.15, -0.1) is 0 Å². The van der Waals surface area contributed by atoms with Gasteiger partial charge in [-0.05, 0) is 58.7 Å². The molecule has 2 heterocycles. The summed E-state index contributed by atoms with van der Waals surface area (Å²) >= 11 is 0. The van der Waals surface area contributed by atoms with Crippen molar-refractivity contribution < 1.29 is 18.7 Å². The number of fused-ring (bicyclic) bond motifs is 3. The number of nitrogens with one attached hydrogen (secondary N) is 1. The Bertz CT molecular complexity index is 1080. The number of rotatable bonds is 7. The maximum Gasteiger partial charge on any atom is 0.340 e. The number of nitrogens with zero attached hydrogens (tertiary/aromatic N) is 1. The third-order valence-corrected chi connectivity index (χ3v) is 6.00. The first-order chi connectivity index (χ1) is 14.8. The summed E-state index contributed by atoms with van der Waals surface area (Å²) in [6, 6.07) is 1.86. The van der Waals surface area contributed by atoms with Crippen molar-refractivity contribution in [3.05, 3.63) is 33.2 Å². The van der Waals surface area contributed by atoms with Crippen molar-refractivity contribution >= 4 is 16.9 Å². The Hall–Kier alpha value is -2.54. The molecule has 0 spiro atoms. The maximum atomic E-state index is 12.9. The van der Waals surface area contributed by atoms with Gasteiger partial charge in [0.05, 0.1) is 24.5 Å². The van der Waals surface area contributed by atoms with E-state index < -0.39 is 5.63 Å². The first-order valence-corrected chi connectivity index (χ1v) is 11.1. The minimum atomic E-state index is -0.488. The lowest BCUT2D eigenvalue weighted by Gasteiger charge is -2.33. The fourth-order valence-electron chi connectivity index (χ4n) is 4.52. The van der Waals surface area contributed by atoms with Crippen molar-refractivity contribution in [2.45, 2.75) is 59.5 Å². The van der Waals surface area contributed by atoms with Crippen molar-refractivity contribution in [1.82, 2.24) is 10.2 Å². The van der Waals surface area contributed by atoms with Crippen molar-refractivity contribution in [2.24, 2.45) is 5.41 Å². The van der Waals surface area contributed by atoms with Crippen LogP contribution in [0.3, 0.4) is 0 Å². The van der Waals surface area contributed by atoms with Crippen LogP contribution in [0.1, 0.15) is 50.8 Å². The van der Waals surface area contributed by atoms with E-state index in [1.165, 1.54) is 0 Å². The van der Waals surface area contributed by atoms with Gasteiger partial charge in [-0.3, -0.25) is 4.79 Å². The predicted molar refractivity (Wildman–Crippen MR) is 126 cm³/mol. The molecule has 0 saturated carbocycles. The van der Waals surface area contributed by atoms with Gasteiger partial charge in [0.25, 0.3) is 0 Å². The van der Waals surface area contributed by atoms with Crippen LogP contribution in [-0.2, 0) is 17.6 Å². The van der Waals surface area contributed by atoms with Gasteiger partial charge in [0.1, 0.15) is 22.7 Å². The van der Waals surface area contributed by atoms with E-state index in [0.29, 0.717) is 34.8 Å². The van der Waals surface area contributed by atoms with Gasteiger partial charge in [0.15, 0.2) is 0 Å². The molecule has 176 valence electrons. The Morgan fingerprint density at radius 3 is 2.62 bits per heavy atom. The first-order valence-electron chi connectivity index (χ1n) is 11.1. The Labute approximate surface area is 190 Å². The molecule has 3 rings (SSSR count). The van der Waals surface area contributed by atoms with Crippen LogP contribution < -0.4 is 20.4 Å². The van der Waals surface area contributed by atoms with Crippen molar-refractivity contribution in [1.29, 1.82) is 0 Å². The molecule has 1 aliphatic heterocycles. The Kier molecular flexibility index (Phi) is 6.61. The molecule has 2 aromatic rings. The molecule has 0 fully saturated rings. The largest absolute Gasteiger partial charge is 0.496 e. The third-order valence-electron chi connectivity index (χ3n) is 6.00. The molecule has 0 radical (unpaired) electrons. The second-order valence-electron chi connectivity index (χ2n) is 10.5. The van der Waals surface area contributed by atoms with Crippen molar-refractivity contribution in [3.8, 4) is 11.5 Å². The molecule has 7 nitrogen and oxygen atoms in total. The number of hydrogen-bond acceptors (Lipinski definition) is 6. The molecule has 0 atom stereocenters. The number of amides is 1. The minimum Gasteiger partial charge on any atom is -0.496 e. The van der Waals surface area contributed by atoms with Crippen LogP contribution >= 0.6 is 0 Å². The Morgan fingerprint density at radius 2 is 2.00 bits per heavy atom. The summed E-state index contributed by atoms with van der Waals surface area (Å²) in [4.78, 5) is 27.7. The number of carbonyl (C=O) groups excluding carboxylic acids is 1. The molecule has 0 aliphatic carbocycles. The highest BCUT2D eigenvalue weighted by molar-refractivity contribution is 5.93. The molecule has 1 amide bonds. The van der Waals surface area contributed by atoms with E-state index in [1.807, 2.05) is 40.9 Å². The molecule has 1 aromatic carbocycles. The van der Waals surface area contributed by atoms with Crippen LogP contribution in [-0.4, -0.2) is 50.7 Å². The zero-order valence-corrected chi connectivity index (χ0v) is 20.6. The van der Waals surface area contributed by atoms with Gasteiger partial charge in [-0.2, -0.15) is 0 Å². The van der Waals surface area contributed by atoms with Crippen molar-refractivity contribution in [3.63, 3.8) is 0 Å². The summed E-state index contributed by atoms with van der Waals surface area (Å²) in [5, 5.41) is 3.70. The summed E-state index contributed by atoms with van der Waals surface area (Å²) in [6.45, 7) is 11.5. The van der Waals surface area contributed by atoms with Crippen molar-refractivity contribution in [2.75, 3.05) is 34.3 Å². The molecule has 0 bridgehead atoms. The number of methoxy groups -OCH3 is 1. The number of benzene rings is 1. The van der Waals surface area contributed by atoms with Gasteiger partial charge in [-0.1, -0.05) is 13.8 Å². The highest BCUT2D eigenvalue weighted by atomic mass is 16.5. The zero-order chi connectivity index (χ0) is 23.8. The number of carbonyl (C=O) groups is 1. The average Bonchev–Trinajstić information content (AvgIpc) is 2.66. The molecule has 7 heteroatoms. The molecule has 1 aromatic heterocycles. The third kappa shape index (κ3) is 5.09. The van der Waals surface area contributed by atoms with E-state index in [0.717, 1.165) is 30.3 Å². The summed E-state index contributed by atoms with van der Waals surface area (Å²) < 4.78 is 17.5. The normalized spacial score (nSPS) is 15.4. The van der Waals surface area contributed by atoms with Crippen LogP contribution in [0.2, 0.25) is 0 Å². The standard InChI is InChI=1S/C25H36N2O5/c1-15-17(11-20(28)26-13-24(2,3)14-27(6)7)23(29)31-22-16-9-10-25(4,5)32-18(16)12-19(30-8)21(15)22/h12H,9-11,13-14H2,1-8H3,(H,26,28). The van der Waals surface area contributed by atoms with E-state index in [2.05, 4.69) is 24.1 Å². The molecular formula is C25H36N2O5. The van der Waals surface area contributed by atoms with Gasteiger partial charge in [-0.25, -0.2) is 4.79 Å². The Morgan fingerprint density at radius 1 is 1.31 bits per heavy atom. The van der Waals surface area contributed by atoms with E-state index in [-0.39, 0.29) is 23.3 Å². The SMILES string of the molecule is COc1cc2c(c3oc(=O)c(CC(=O)NCC(C)(C)CN(C)C)c(C)c13)CCC(C)(C)O2. The molecular weight excluding hydrogens is 408 g/mol. The summed E-state index contributed by atoms with van der Waals surface area (Å²) in [6.07, 6.45) is 1.52. The number of hydrogen-bond donors (Lipinski definition) is 1. The van der Waals surface area contributed by atoms with Gasteiger partial charge in [0, 0.05) is 24.7 Å². The maximum absolute atomic E-state index is 12.9. The van der Waals surface area contributed by atoms with E-state index in [4.69, 9.17) is 13.9 Å². The fourth-order valence-corrected chi connectivity index (χ4v) is 4.52. The lowest BCUT2D eigenvalue weighted by Crippen LogP contribution is -2.40. The monoisotopic (exact) mass is 444 g/mol. The van der Waals surface area contributed by atoms with Crippen LogP contribution in [0.15, 0.2) is 15.3 Å². The highest BCUT2D eigenvalue weighted by Gasteiger charge is 2.31. The lowest BCUT2D eigenvalue weighted by atomic mass is 9.91. The zero-order valence-electron chi connectivity index (χ0n) is 20.6. The van der Waals surface area contributed by atoms with E-state index >= 15 is 0 Å². The van der Waals surface area contributed by atoms with Gasteiger partial charge in [0.2, 0.25) is 5.91 Å². The van der Waals surface area contributed by atoms with Gasteiger partial charge >= 0.3 is 5.63 Å². The molecule has 1 aliphatic rings. The van der Waals surface area contributed by atoms with Crippen LogP contribution in [0.5, 0.6) is 11.5 Å². The fraction of sp³-hybridized carbons (Fsp3) is 0.600. The summed E-state index contributed by atoms with van der Waals surface area (Å²) in [5.74, 6) is 1.06. The summed E-state index contributed by atoms with van der Waals surface area (Å²) in [5.41, 5.74) is 1.57. The quantitative estimate of drug-likeness (QED) is 0.659. The molecule has 32 heavy (non-hydrogen) atoms. The topological polar surface area (TPSA) is 81.0 Å². The molecule has 0 unspecified atom stereocenters. The van der Waals surface area contributed by atoms with Gasteiger partial charge < -0.3 is 24.1 Å². The predicted octanol–water partition coefficient (Wildman–Crippen LogP) is 3.46. The lowest BCUT2D eigenvalue weighted by molar-refractivity contribution is -0.121. The first kappa shape index (κ1) is 24.1. The summed E-state index contributed by atoms with van der Waals surface area (Å²) in [7, 11) is 5.59. The smallest absolute Gasteiger partial charge is 0.340 e. The molecule has 0 saturated heterocycles. The van der Waals surface area contributed by atoms with Crippen LogP contribution in [0, 0.1) is 12.3 Å². The second kappa shape index (κ2) is 8.77. The number of ether oxygens (including phenoxy) is 2. The van der Waals surface area contributed by atoms with Crippen LogP contribution in [0.4, 0.5) is 0 Å². The number of aryl methyl sites for hydroxylation is 2.